The van der Waals surface area contributed by atoms with Crippen LogP contribution in [-0.4, -0.2) is 5.91 Å². The Morgan fingerprint density at radius 2 is 1.81 bits per heavy atom. The second kappa shape index (κ2) is 7.40. The average molecular weight is 367 g/mol. The van der Waals surface area contributed by atoms with Gasteiger partial charge in [0.25, 0.3) is 5.91 Å². The van der Waals surface area contributed by atoms with Gasteiger partial charge in [-0.25, -0.2) is 4.39 Å². The van der Waals surface area contributed by atoms with E-state index in [1.165, 1.54) is 33.0 Å². The molecule has 1 amide bonds. The number of hydrogen-bond donors (Lipinski definition) is 2. The Hall–Kier alpha value is -2.50. The van der Waals surface area contributed by atoms with Crippen molar-refractivity contribution in [2.75, 3.05) is 0 Å². The quantitative estimate of drug-likeness (QED) is 0.714. The molecule has 2 aromatic carbocycles. The monoisotopic (exact) mass is 367 g/mol. The van der Waals surface area contributed by atoms with E-state index in [0.717, 1.165) is 30.1 Å². The van der Waals surface area contributed by atoms with Gasteiger partial charge in [-0.2, -0.15) is 0 Å². The maximum atomic E-state index is 12.9. The molecule has 0 fully saturated rings. The van der Waals surface area contributed by atoms with Crippen LogP contribution in [0.15, 0.2) is 60.7 Å². The van der Waals surface area contributed by atoms with Crippen LogP contribution in [0.5, 0.6) is 0 Å². The molecule has 132 valence electrons. The topological polar surface area (TPSA) is 33.5 Å². The van der Waals surface area contributed by atoms with Gasteiger partial charge in [-0.15, -0.1) is 11.3 Å². The highest BCUT2D eigenvalue weighted by molar-refractivity contribution is 7.14. The predicted molar refractivity (Wildman–Crippen MR) is 100 cm³/mol. The lowest BCUT2D eigenvalue weighted by atomic mass is 10.2. The Balaban J connectivity index is 1.34. The fourth-order valence-electron chi connectivity index (χ4n) is 3.32. The van der Waals surface area contributed by atoms with Crippen molar-refractivity contribution in [2.45, 2.75) is 26.2 Å². The molecular formula is C21H20FN2OS+. The van der Waals surface area contributed by atoms with Crippen LogP contribution >= 0.6 is 11.3 Å². The van der Waals surface area contributed by atoms with Crippen LogP contribution in [0.2, 0.25) is 0 Å². The fourth-order valence-corrected chi connectivity index (χ4v) is 4.49. The van der Waals surface area contributed by atoms with E-state index < -0.39 is 0 Å². The van der Waals surface area contributed by atoms with E-state index in [1.54, 1.807) is 23.5 Å². The van der Waals surface area contributed by atoms with Gasteiger partial charge >= 0.3 is 0 Å². The second-order valence-corrected chi connectivity index (χ2v) is 7.77. The van der Waals surface area contributed by atoms with Gasteiger partial charge in [0.05, 0.1) is 9.75 Å². The summed E-state index contributed by atoms with van der Waals surface area (Å²) in [7, 11) is 0. The van der Waals surface area contributed by atoms with E-state index in [1.807, 2.05) is 12.1 Å². The third-order valence-electron chi connectivity index (χ3n) is 4.63. The van der Waals surface area contributed by atoms with Crippen molar-refractivity contribution in [3.05, 3.63) is 92.9 Å². The first-order valence-corrected chi connectivity index (χ1v) is 9.51. The number of quaternary nitrogens is 1. The zero-order valence-electron chi connectivity index (χ0n) is 14.3. The first kappa shape index (κ1) is 16.9. The molecule has 26 heavy (non-hydrogen) atoms. The molecule has 1 aromatic heterocycles. The molecule has 0 saturated heterocycles. The van der Waals surface area contributed by atoms with Gasteiger partial charge in [-0.1, -0.05) is 42.5 Å². The maximum Gasteiger partial charge on any atom is 0.261 e. The molecule has 1 aliphatic rings. The SMILES string of the molecule is O=C(NCc1ccc(F)cc1)c1cc2c(s1)C[NH+](Cc1ccccc1)C2. The van der Waals surface area contributed by atoms with Gasteiger partial charge in [0.1, 0.15) is 25.5 Å². The summed E-state index contributed by atoms with van der Waals surface area (Å²) in [5.41, 5.74) is 3.52. The standard InChI is InChI=1S/C21H19FN2OS/c22-18-8-6-15(7-9-18)11-23-21(25)19-10-17-13-24(14-20(17)26-19)12-16-4-2-1-3-5-16/h1-10H,11-14H2,(H,23,25)/p+1. The zero-order valence-corrected chi connectivity index (χ0v) is 15.1. The Morgan fingerprint density at radius 3 is 2.54 bits per heavy atom. The molecule has 4 rings (SSSR count). The molecule has 1 unspecified atom stereocenters. The average Bonchev–Trinajstić information content (AvgIpc) is 3.20. The largest absolute Gasteiger partial charge is 0.347 e. The summed E-state index contributed by atoms with van der Waals surface area (Å²) in [5.74, 6) is -0.323. The summed E-state index contributed by atoms with van der Waals surface area (Å²) in [4.78, 5) is 16.0. The molecule has 0 aliphatic carbocycles. The molecule has 3 aromatic rings. The van der Waals surface area contributed by atoms with E-state index in [0.29, 0.717) is 6.54 Å². The molecule has 0 bridgehead atoms. The lowest BCUT2D eigenvalue weighted by Gasteiger charge is -2.12. The van der Waals surface area contributed by atoms with Crippen molar-refractivity contribution in [1.82, 2.24) is 5.32 Å². The molecule has 0 spiro atoms. The van der Waals surface area contributed by atoms with E-state index in [4.69, 9.17) is 0 Å². The molecule has 0 radical (unpaired) electrons. The Labute approximate surface area is 156 Å². The fraction of sp³-hybridized carbons (Fsp3) is 0.190. The van der Waals surface area contributed by atoms with Gasteiger partial charge < -0.3 is 10.2 Å². The van der Waals surface area contributed by atoms with Crippen LogP contribution in [-0.2, 0) is 26.2 Å². The van der Waals surface area contributed by atoms with Crippen molar-refractivity contribution in [1.29, 1.82) is 0 Å². The number of amides is 1. The number of carbonyl (C=O) groups is 1. The summed E-state index contributed by atoms with van der Waals surface area (Å²) in [5, 5.41) is 2.92. The van der Waals surface area contributed by atoms with Crippen molar-refractivity contribution in [3.63, 3.8) is 0 Å². The minimum atomic E-state index is -0.266. The first-order chi connectivity index (χ1) is 12.7. The van der Waals surface area contributed by atoms with Gasteiger partial charge in [0.2, 0.25) is 0 Å². The van der Waals surface area contributed by atoms with Gasteiger partial charge in [-0.3, -0.25) is 4.79 Å². The third kappa shape index (κ3) is 3.84. The van der Waals surface area contributed by atoms with Gasteiger partial charge in [0, 0.05) is 17.7 Å². The number of thiophene rings is 1. The summed E-state index contributed by atoms with van der Waals surface area (Å²) in [6, 6.07) is 18.7. The molecule has 2 N–H and O–H groups in total. The van der Waals surface area contributed by atoms with E-state index >= 15 is 0 Å². The van der Waals surface area contributed by atoms with Crippen molar-refractivity contribution >= 4 is 17.2 Å². The van der Waals surface area contributed by atoms with E-state index in [-0.39, 0.29) is 11.7 Å². The highest BCUT2D eigenvalue weighted by Gasteiger charge is 2.27. The minimum absolute atomic E-state index is 0.0571. The lowest BCUT2D eigenvalue weighted by molar-refractivity contribution is -0.934. The molecule has 2 heterocycles. The van der Waals surface area contributed by atoms with Crippen LogP contribution in [0, 0.1) is 5.82 Å². The highest BCUT2D eigenvalue weighted by atomic mass is 32.1. The van der Waals surface area contributed by atoms with Crippen LogP contribution in [0.3, 0.4) is 0 Å². The smallest absolute Gasteiger partial charge is 0.261 e. The minimum Gasteiger partial charge on any atom is -0.347 e. The maximum absolute atomic E-state index is 12.9. The number of rotatable bonds is 5. The second-order valence-electron chi connectivity index (χ2n) is 6.63. The predicted octanol–water partition coefficient (Wildman–Crippen LogP) is 2.92. The number of fused-ring (bicyclic) bond motifs is 1. The number of halogens is 1. The van der Waals surface area contributed by atoms with Crippen molar-refractivity contribution < 1.29 is 14.1 Å². The number of benzene rings is 2. The highest BCUT2D eigenvalue weighted by Crippen LogP contribution is 2.24. The van der Waals surface area contributed by atoms with Crippen LogP contribution < -0.4 is 10.2 Å². The number of nitrogens with one attached hydrogen (secondary N) is 2. The normalized spacial score (nSPS) is 15.7. The van der Waals surface area contributed by atoms with Gasteiger partial charge in [0.15, 0.2) is 0 Å². The molecule has 1 aliphatic heterocycles. The zero-order chi connectivity index (χ0) is 17.9. The van der Waals surface area contributed by atoms with Gasteiger partial charge in [-0.05, 0) is 23.8 Å². The third-order valence-corrected chi connectivity index (χ3v) is 5.81. The molecule has 3 nitrogen and oxygen atoms in total. The lowest BCUT2D eigenvalue weighted by Crippen LogP contribution is -3.06. The molecule has 0 saturated carbocycles. The van der Waals surface area contributed by atoms with Crippen LogP contribution in [0.4, 0.5) is 4.39 Å². The number of hydrogen-bond acceptors (Lipinski definition) is 2. The molecule has 1 atom stereocenters. The Bertz CT molecular complexity index is 882. The van der Waals surface area contributed by atoms with Crippen molar-refractivity contribution in [3.8, 4) is 0 Å². The van der Waals surface area contributed by atoms with Crippen molar-refractivity contribution in [2.24, 2.45) is 0 Å². The van der Waals surface area contributed by atoms with E-state index in [2.05, 4.69) is 29.6 Å². The summed E-state index contributed by atoms with van der Waals surface area (Å²) >= 11 is 1.59. The molecule has 5 heteroatoms. The van der Waals surface area contributed by atoms with Crippen LogP contribution in [0.1, 0.15) is 31.2 Å². The first-order valence-electron chi connectivity index (χ1n) is 8.69. The van der Waals surface area contributed by atoms with E-state index in [9.17, 15) is 9.18 Å². The van der Waals surface area contributed by atoms with Crippen LogP contribution in [0.25, 0.3) is 0 Å². The summed E-state index contributed by atoms with van der Waals surface area (Å²) in [6.45, 7) is 3.35. The summed E-state index contributed by atoms with van der Waals surface area (Å²) < 4.78 is 12.9. The number of carbonyl (C=O) groups excluding carboxylic acids is 1. The summed E-state index contributed by atoms with van der Waals surface area (Å²) in [6.07, 6.45) is 0. The Kier molecular flexibility index (Phi) is 4.82. The molecular weight excluding hydrogens is 347 g/mol. The Morgan fingerprint density at radius 1 is 1.04 bits per heavy atom.